The van der Waals surface area contributed by atoms with Gasteiger partial charge in [-0.2, -0.15) is 18.3 Å². The lowest BCUT2D eigenvalue weighted by atomic mass is 10.1. The molecule has 0 bridgehead atoms. The Bertz CT molecular complexity index is 1440. The molecule has 2 heterocycles. The van der Waals surface area contributed by atoms with Crippen LogP contribution in [-0.4, -0.2) is 40.7 Å². The van der Waals surface area contributed by atoms with Crippen LogP contribution in [0.4, 0.5) is 18.9 Å². The molecule has 0 saturated carbocycles. The van der Waals surface area contributed by atoms with E-state index < -0.39 is 39.4 Å². The molecule has 0 radical (unpaired) electrons. The predicted octanol–water partition coefficient (Wildman–Crippen LogP) is 3.74. The van der Waals surface area contributed by atoms with E-state index in [0.717, 1.165) is 6.07 Å². The van der Waals surface area contributed by atoms with Crippen LogP contribution >= 0.6 is 23.2 Å². The maximum atomic E-state index is 13.4. The number of hydrogen-bond donors (Lipinski definition) is 3. The summed E-state index contributed by atoms with van der Waals surface area (Å²) in [5.74, 6) is -2.63. The van der Waals surface area contributed by atoms with E-state index in [9.17, 15) is 31.2 Å². The Morgan fingerprint density at radius 3 is 2.44 bits per heavy atom. The van der Waals surface area contributed by atoms with Gasteiger partial charge in [-0.1, -0.05) is 23.2 Å². The number of carbonyl (C=O) groups excluding carboxylic acids is 2. The second-order valence-electron chi connectivity index (χ2n) is 7.19. The van der Waals surface area contributed by atoms with Crippen LogP contribution < -0.4 is 15.6 Å². The first-order valence-electron chi connectivity index (χ1n) is 9.93. The Morgan fingerprint density at radius 1 is 1.14 bits per heavy atom. The van der Waals surface area contributed by atoms with Crippen molar-refractivity contribution in [1.29, 1.82) is 0 Å². The van der Waals surface area contributed by atoms with Gasteiger partial charge in [-0.15, -0.1) is 4.83 Å². The van der Waals surface area contributed by atoms with Crippen LogP contribution in [0.25, 0.3) is 5.82 Å². The molecule has 0 unspecified atom stereocenters. The molecule has 0 atom stereocenters. The summed E-state index contributed by atoms with van der Waals surface area (Å²) < 4.78 is 64.1. The first-order valence-corrected chi connectivity index (χ1v) is 12.3. The van der Waals surface area contributed by atoms with E-state index in [2.05, 4.69) is 15.4 Å². The number of anilines is 1. The van der Waals surface area contributed by atoms with Crippen LogP contribution in [0.1, 0.15) is 39.0 Å². The number of aryl methyl sites for hydroxylation is 1. The van der Waals surface area contributed by atoms with Gasteiger partial charge in [0, 0.05) is 17.3 Å². The van der Waals surface area contributed by atoms with Gasteiger partial charge in [-0.05, 0) is 43.7 Å². The number of nitrogens with one attached hydrogen (secondary N) is 3. The van der Waals surface area contributed by atoms with Gasteiger partial charge in [-0.25, -0.2) is 18.1 Å². The maximum Gasteiger partial charge on any atom is 0.435 e. The minimum absolute atomic E-state index is 0.0747. The third-order valence-corrected chi connectivity index (χ3v) is 6.34. The van der Waals surface area contributed by atoms with Crippen LogP contribution in [0.15, 0.2) is 36.5 Å². The summed E-state index contributed by atoms with van der Waals surface area (Å²) in [6.07, 6.45) is -3.64. The van der Waals surface area contributed by atoms with E-state index in [1.807, 2.05) is 10.3 Å². The van der Waals surface area contributed by atoms with Crippen molar-refractivity contribution in [3.8, 4) is 5.82 Å². The maximum absolute atomic E-state index is 13.4. The third kappa shape index (κ3) is 6.13. The fourth-order valence-electron chi connectivity index (χ4n) is 2.91. The molecule has 3 rings (SSSR count). The summed E-state index contributed by atoms with van der Waals surface area (Å²) in [6.45, 7) is 2.82. The van der Waals surface area contributed by atoms with E-state index in [4.69, 9.17) is 23.2 Å². The molecule has 3 N–H and O–H groups in total. The normalized spacial score (nSPS) is 11.9. The number of alkyl halides is 3. The molecular weight excluding hydrogens is 548 g/mol. The van der Waals surface area contributed by atoms with Crippen molar-refractivity contribution in [1.82, 2.24) is 25.0 Å². The van der Waals surface area contributed by atoms with Crippen LogP contribution in [0, 0.1) is 6.92 Å². The van der Waals surface area contributed by atoms with Gasteiger partial charge in [0.1, 0.15) is 5.69 Å². The molecule has 0 saturated heterocycles. The van der Waals surface area contributed by atoms with Crippen molar-refractivity contribution >= 4 is 50.7 Å². The molecule has 2 aromatic heterocycles. The minimum Gasteiger partial charge on any atom is -0.320 e. The molecule has 1 aromatic carbocycles. The summed E-state index contributed by atoms with van der Waals surface area (Å²) in [6, 6.07) is 5.82. The first-order chi connectivity index (χ1) is 16.7. The largest absolute Gasteiger partial charge is 0.435 e. The zero-order valence-electron chi connectivity index (χ0n) is 18.4. The molecule has 16 heteroatoms. The molecule has 0 aliphatic carbocycles. The zero-order valence-corrected chi connectivity index (χ0v) is 20.8. The van der Waals surface area contributed by atoms with Crippen LogP contribution in [-0.2, 0) is 16.2 Å². The molecule has 0 fully saturated rings. The number of pyridine rings is 1. The molecule has 0 aliphatic rings. The summed E-state index contributed by atoms with van der Waals surface area (Å²) in [5, 5.41) is 5.82. The predicted molar refractivity (Wildman–Crippen MR) is 126 cm³/mol. The van der Waals surface area contributed by atoms with E-state index in [1.54, 1.807) is 0 Å². The van der Waals surface area contributed by atoms with Gasteiger partial charge in [0.25, 0.3) is 11.8 Å². The first kappa shape index (κ1) is 27.4. The molecular formula is C20H17Cl2F3N6O4S. The average molecular weight is 565 g/mol. The van der Waals surface area contributed by atoms with E-state index in [0.29, 0.717) is 10.7 Å². The number of aromatic nitrogens is 3. The number of hydrazine groups is 1. The molecule has 0 aliphatic heterocycles. The second-order valence-corrected chi connectivity index (χ2v) is 10.0. The van der Waals surface area contributed by atoms with Gasteiger partial charge >= 0.3 is 6.18 Å². The lowest BCUT2D eigenvalue weighted by Gasteiger charge is -2.15. The van der Waals surface area contributed by atoms with Crippen molar-refractivity contribution in [3.63, 3.8) is 0 Å². The standard InChI is InChI=1S/C20H17Cl2F3N6O4S/c1-3-36(34,35)30-28-18(32)12-8-11(21)7-10(2)16(12)27-19(33)14-9-15(20(23,24)25)29-31(14)17-13(22)5-4-6-26-17/h4-9,30H,3H2,1-2H3,(H,27,33)(H,28,32). The molecule has 192 valence electrons. The Balaban J connectivity index is 2.05. The number of rotatable bonds is 7. The lowest BCUT2D eigenvalue weighted by molar-refractivity contribution is -0.141. The highest BCUT2D eigenvalue weighted by molar-refractivity contribution is 7.89. The summed E-state index contributed by atoms with van der Waals surface area (Å²) in [4.78, 5) is 31.6. The molecule has 0 spiro atoms. The molecule has 10 nitrogen and oxygen atoms in total. The fourth-order valence-corrected chi connectivity index (χ4v) is 3.77. The highest BCUT2D eigenvalue weighted by Crippen LogP contribution is 2.31. The SMILES string of the molecule is CCS(=O)(=O)NNC(=O)c1cc(Cl)cc(C)c1NC(=O)c1cc(C(F)(F)F)nn1-c1ncccc1Cl. The zero-order chi connectivity index (χ0) is 26.8. The number of sulfonamides is 1. The minimum atomic E-state index is -4.89. The smallest absolute Gasteiger partial charge is 0.320 e. The Kier molecular flexibility index (Phi) is 7.93. The Morgan fingerprint density at radius 2 is 1.83 bits per heavy atom. The molecule has 3 aromatic rings. The number of halogens is 5. The molecule has 2 amide bonds. The van der Waals surface area contributed by atoms with Crippen molar-refractivity contribution in [2.45, 2.75) is 20.0 Å². The van der Waals surface area contributed by atoms with Crippen molar-refractivity contribution in [3.05, 3.63) is 69.1 Å². The number of nitrogens with zero attached hydrogens (tertiary/aromatic N) is 3. The van der Waals surface area contributed by atoms with Crippen LogP contribution in [0.3, 0.4) is 0 Å². The average Bonchev–Trinajstić information content (AvgIpc) is 3.25. The van der Waals surface area contributed by atoms with E-state index in [-0.39, 0.29) is 38.4 Å². The fraction of sp³-hybridized carbons (Fsp3) is 0.200. The highest BCUT2D eigenvalue weighted by Gasteiger charge is 2.37. The second kappa shape index (κ2) is 10.4. The lowest BCUT2D eigenvalue weighted by Crippen LogP contribution is -2.42. The summed E-state index contributed by atoms with van der Waals surface area (Å²) in [7, 11) is -3.81. The van der Waals surface area contributed by atoms with Crippen LogP contribution in [0.2, 0.25) is 10.0 Å². The number of benzene rings is 1. The van der Waals surface area contributed by atoms with E-state index in [1.165, 1.54) is 38.2 Å². The Hall–Kier alpha value is -3.20. The van der Waals surface area contributed by atoms with Gasteiger partial charge in [0.05, 0.1) is 22.0 Å². The molecule has 36 heavy (non-hydrogen) atoms. The van der Waals surface area contributed by atoms with Gasteiger partial charge in [-0.3, -0.25) is 15.0 Å². The summed E-state index contributed by atoms with van der Waals surface area (Å²) >= 11 is 12.1. The summed E-state index contributed by atoms with van der Waals surface area (Å²) in [5.41, 5.74) is -0.113. The van der Waals surface area contributed by atoms with Gasteiger partial charge in [0.15, 0.2) is 11.5 Å². The highest BCUT2D eigenvalue weighted by atomic mass is 35.5. The van der Waals surface area contributed by atoms with Gasteiger partial charge < -0.3 is 5.32 Å². The number of amides is 2. The third-order valence-electron chi connectivity index (χ3n) is 4.66. The Labute approximate surface area is 212 Å². The van der Waals surface area contributed by atoms with Crippen molar-refractivity contribution in [2.24, 2.45) is 0 Å². The van der Waals surface area contributed by atoms with Crippen LogP contribution in [0.5, 0.6) is 0 Å². The van der Waals surface area contributed by atoms with Gasteiger partial charge in [0.2, 0.25) is 10.0 Å². The monoisotopic (exact) mass is 564 g/mol. The number of carbonyl (C=O) groups is 2. The quantitative estimate of drug-likeness (QED) is 0.374. The topological polar surface area (TPSA) is 135 Å². The van der Waals surface area contributed by atoms with Crippen molar-refractivity contribution < 1.29 is 31.2 Å². The van der Waals surface area contributed by atoms with Crippen molar-refractivity contribution in [2.75, 3.05) is 11.1 Å². The van der Waals surface area contributed by atoms with E-state index >= 15 is 0 Å². The number of hydrogen-bond acceptors (Lipinski definition) is 6.